The van der Waals surface area contributed by atoms with Gasteiger partial charge in [-0.3, -0.25) is 4.79 Å². The number of amides is 3. The first-order chi connectivity index (χ1) is 11.4. The maximum Gasteiger partial charge on any atom is 0.319 e. The number of nitrogens with one attached hydrogen (secondary N) is 3. The number of benzene rings is 2. The van der Waals surface area contributed by atoms with E-state index in [4.69, 9.17) is 11.6 Å². The summed E-state index contributed by atoms with van der Waals surface area (Å²) < 4.78 is 13.1. The zero-order valence-electron chi connectivity index (χ0n) is 13.2. The van der Waals surface area contributed by atoms with Crippen LogP contribution < -0.4 is 16.0 Å². The Balaban J connectivity index is 2.17. The number of carbonyl (C=O) groups is 2. The lowest BCUT2D eigenvalue weighted by atomic mass is 10.2. The second-order valence-corrected chi connectivity index (χ2v) is 5.78. The number of hydrogen-bond acceptors (Lipinski definition) is 2. The van der Waals surface area contributed by atoms with Crippen molar-refractivity contribution < 1.29 is 14.0 Å². The fourth-order valence-electron chi connectivity index (χ4n) is 1.98. The molecule has 0 heterocycles. The largest absolute Gasteiger partial charge is 0.336 e. The Morgan fingerprint density at radius 1 is 1.04 bits per heavy atom. The smallest absolute Gasteiger partial charge is 0.319 e. The molecule has 0 aliphatic rings. The molecule has 126 valence electrons. The van der Waals surface area contributed by atoms with Crippen molar-refractivity contribution in [2.75, 3.05) is 10.6 Å². The van der Waals surface area contributed by atoms with Gasteiger partial charge < -0.3 is 16.0 Å². The molecule has 24 heavy (non-hydrogen) atoms. The van der Waals surface area contributed by atoms with E-state index in [1.54, 1.807) is 24.3 Å². The van der Waals surface area contributed by atoms with Crippen LogP contribution in [-0.4, -0.2) is 18.0 Å². The third-order valence-electron chi connectivity index (χ3n) is 3.02. The molecule has 5 nitrogen and oxygen atoms in total. The molecule has 7 heteroatoms. The molecule has 0 fully saturated rings. The molecule has 2 rings (SSSR count). The molecule has 0 aromatic heterocycles. The van der Waals surface area contributed by atoms with Gasteiger partial charge in [-0.15, -0.1) is 0 Å². The van der Waals surface area contributed by atoms with E-state index in [0.29, 0.717) is 11.4 Å². The van der Waals surface area contributed by atoms with Gasteiger partial charge in [-0.2, -0.15) is 0 Å². The molecule has 2 aromatic rings. The number of hydrogen-bond donors (Lipinski definition) is 3. The van der Waals surface area contributed by atoms with Crippen LogP contribution in [0, 0.1) is 5.82 Å². The van der Waals surface area contributed by atoms with Crippen molar-refractivity contribution in [3.8, 4) is 0 Å². The van der Waals surface area contributed by atoms with E-state index >= 15 is 0 Å². The highest BCUT2D eigenvalue weighted by Crippen LogP contribution is 2.24. The van der Waals surface area contributed by atoms with Crippen LogP contribution in [0.1, 0.15) is 24.2 Å². The van der Waals surface area contributed by atoms with Crippen LogP contribution in [0.4, 0.5) is 20.6 Å². The number of rotatable bonds is 4. The van der Waals surface area contributed by atoms with Gasteiger partial charge in [-0.1, -0.05) is 23.7 Å². The Bertz CT molecular complexity index is 765. The summed E-state index contributed by atoms with van der Waals surface area (Å²) in [6.45, 7) is 3.67. The lowest BCUT2D eigenvalue weighted by molar-refractivity contribution is 0.102. The molecule has 2 aromatic carbocycles. The number of halogens is 2. The first kappa shape index (κ1) is 17.7. The summed E-state index contributed by atoms with van der Waals surface area (Å²) in [5, 5.41) is 8.03. The number of urea groups is 1. The minimum Gasteiger partial charge on any atom is -0.336 e. The van der Waals surface area contributed by atoms with Crippen LogP contribution in [0.3, 0.4) is 0 Å². The zero-order valence-corrected chi connectivity index (χ0v) is 13.9. The molecule has 0 saturated heterocycles. The summed E-state index contributed by atoms with van der Waals surface area (Å²) in [5.41, 5.74) is 0.975. The molecule has 0 aliphatic heterocycles. The van der Waals surface area contributed by atoms with Crippen molar-refractivity contribution in [1.82, 2.24) is 5.32 Å². The molecule has 3 amide bonds. The van der Waals surface area contributed by atoms with E-state index in [1.807, 2.05) is 13.8 Å². The Morgan fingerprint density at radius 2 is 1.67 bits per heavy atom. The van der Waals surface area contributed by atoms with Crippen LogP contribution in [0.2, 0.25) is 5.02 Å². The first-order valence-electron chi connectivity index (χ1n) is 7.29. The SMILES string of the molecule is CC(C)NC(=O)Nc1ccccc1NC(=O)c1ccc(F)cc1Cl. The summed E-state index contributed by atoms with van der Waals surface area (Å²) in [5.74, 6) is -1.03. The topological polar surface area (TPSA) is 70.2 Å². The molecule has 0 bridgehead atoms. The minimum atomic E-state index is -0.524. The van der Waals surface area contributed by atoms with E-state index in [1.165, 1.54) is 6.07 Å². The third-order valence-corrected chi connectivity index (χ3v) is 3.33. The van der Waals surface area contributed by atoms with Gasteiger partial charge in [0.25, 0.3) is 5.91 Å². The summed E-state index contributed by atoms with van der Waals surface area (Å²) in [4.78, 5) is 24.1. The average molecular weight is 350 g/mol. The Kier molecular flexibility index (Phi) is 5.76. The fraction of sp³-hybridized carbons (Fsp3) is 0.176. The zero-order chi connectivity index (χ0) is 17.7. The van der Waals surface area contributed by atoms with Gasteiger partial charge in [0, 0.05) is 6.04 Å². The fourth-order valence-corrected chi connectivity index (χ4v) is 2.24. The summed E-state index contributed by atoms with van der Waals surface area (Å²) in [6, 6.07) is 9.85. The molecule has 0 atom stereocenters. The first-order valence-corrected chi connectivity index (χ1v) is 7.67. The quantitative estimate of drug-likeness (QED) is 0.771. The van der Waals surface area contributed by atoms with Crippen LogP contribution in [0.5, 0.6) is 0 Å². The molecule has 0 spiro atoms. The number of anilines is 2. The Morgan fingerprint density at radius 3 is 2.25 bits per heavy atom. The molecule has 0 unspecified atom stereocenters. The van der Waals surface area contributed by atoms with E-state index < -0.39 is 11.7 Å². The van der Waals surface area contributed by atoms with Crippen LogP contribution in [0.25, 0.3) is 0 Å². The van der Waals surface area contributed by atoms with E-state index in [2.05, 4.69) is 16.0 Å². The van der Waals surface area contributed by atoms with Crippen molar-refractivity contribution in [2.24, 2.45) is 0 Å². The predicted octanol–water partition coefficient (Wildman–Crippen LogP) is 4.26. The van der Waals surface area contributed by atoms with Gasteiger partial charge in [0.15, 0.2) is 0 Å². The maximum absolute atomic E-state index is 13.1. The van der Waals surface area contributed by atoms with Gasteiger partial charge in [-0.25, -0.2) is 9.18 Å². The summed E-state index contributed by atoms with van der Waals surface area (Å²) in [7, 11) is 0. The highest BCUT2D eigenvalue weighted by molar-refractivity contribution is 6.34. The van der Waals surface area contributed by atoms with Crippen molar-refractivity contribution in [2.45, 2.75) is 19.9 Å². The van der Waals surface area contributed by atoms with Crippen LogP contribution >= 0.6 is 11.6 Å². The van der Waals surface area contributed by atoms with Crippen molar-refractivity contribution in [3.63, 3.8) is 0 Å². The van der Waals surface area contributed by atoms with E-state index in [-0.39, 0.29) is 22.7 Å². The third kappa shape index (κ3) is 4.70. The Labute approximate surface area is 144 Å². The number of para-hydroxylation sites is 2. The highest BCUT2D eigenvalue weighted by atomic mass is 35.5. The van der Waals surface area contributed by atoms with Crippen molar-refractivity contribution in [1.29, 1.82) is 0 Å². The second-order valence-electron chi connectivity index (χ2n) is 5.38. The van der Waals surface area contributed by atoms with Gasteiger partial charge in [0.2, 0.25) is 0 Å². The monoisotopic (exact) mass is 349 g/mol. The normalized spacial score (nSPS) is 10.4. The lowest BCUT2D eigenvalue weighted by Gasteiger charge is -2.14. The maximum atomic E-state index is 13.1. The van der Waals surface area contributed by atoms with Crippen LogP contribution in [0.15, 0.2) is 42.5 Å². The van der Waals surface area contributed by atoms with E-state index in [9.17, 15) is 14.0 Å². The van der Waals surface area contributed by atoms with Crippen molar-refractivity contribution in [3.05, 3.63) is 58.9 Å². The van der Waals surface area contributed by atoms with Gasteiger partial charge >= 0.3 is 6.03 Å². The van der Waals surface area contributed by atoms with Crippen LogP contribution in [-0.2, 0) is 0 Å². The molecular weight excluding hydrogens is 333 g/mol. The molecular formula is C17H17ClFN3O2. The van der Waals surface area contributed by atoms with Gasteiger partial charge in [0.1, 0.15) is 5.82 Å². The summed E-state index contributed by atoms with van der Waals surface area (Å²) in [6.07, 6.45) is 0. The summed E-state index contributed by atoms with van der Waals surface area (Å²) >= 11 is 5.89. The molecule has 0 radical (unpaired) electrons. The number of carbonyl (C=O) groups excluding carboxylic acids is 2. The molecule has 3 N–H and O–H groups in total. The Hall–Kier alpha value is -2.60. The predicted molar refractivity (Wildman–Crippen MR) is 93.1 cm³/mol. The van der Waals surface area contributed by atoms with Crippen molar-refractivity contribution >= 4 is 34.9 Å². The molecule has 0 aliphatic carbocycles. The average Bonchev–Trinajstić information content (AvgIpc) is 2.48. The van der Waals surface area contributed by atoms with Gasteiger partial charge in [0.05, 0.1) is 22.0 Å². The lowest BCUT2D eigenvalue weighted by Crippen LogP contribution is -2.34. The standard InChI is InChI=1S/C17H17ClFN3O2/c1-10(2)20-17(24)22-15-6-4-3-5-14(15)21-16(23)12-8-7-11(19)9-13(12)18/h3-10H,1-2H3,(H,21,23)(H2,20,22,24). The second kappa shape index (κ2) is 7.79. The molecule has 0 saturated carbocycles. The minimum absolute atomic E-state index is 0.00971. The van der Waals surface area contributed by atoms with E-state index in [0.717, 1.165) is 12.1 Å². The van der Waals surface area contributed by atoms with Gasteiger partial charge in [-0.05, 0) is 44.2 Å². The highest BCUT2D eigenvalue weighted by Gasteiger charge is 2.14.